The van der Waals surface area contributed by atoms with Gasteiger partial charge in [0.25, 0.3) is 0 Å². The quantitative estimate of drug-likeness (QED) is 0.421. The van der Waals surface area contributed by atoms with E-state index in [1.807, 2.05) is 24.5 Å². The summed E-state index contributed by atoms with van der Waals surface area (Å²) in [6.45, 7) is 6.60. The molecule has 2 aromatic carbocycles. The molecule has 2 nitrogen and oxygen atoms in total. The number of rotatable bonds is 4. The maximum absolute atomic E-state index is 6.00. The van der Waals surface area contributed by atoms with Crippen LogP contribution in [0.1, 0.15) is 49.5 Å². The van der Waals surface area contributed by atoms with E-state index in [2.05, 4.69) is 51.1 Å². The lowest BCUT2D eigenvalue weighted by molar-refractivity contribution is 0.504. The second kappa shape index (κ2) is 5.86. The monoisotopic (exact) mass is 318 g/mol. The average molecular weight is 318 g/mol. The number of hydrogen-bond acceptors (Lipinski definition) is 2. The van der Waals surface area contributed by atoms with E-state index in [0.717, 1.165) is 23.3 Å². The molecular weight excluding hydrogens is 296 g/mol. The first-order valence-corrected chi connectivity index (χ1v) is 8.60. The summed E-state index contributed by atoms with van der Waals surface area (Å²) in [6, 6.07) is 16.9. The highest BCUT2D eigenvalue weighted by molar-refractivity contribution is 5.82. The summed E-state index contributed by atoms with van der Waals surface area (Å²) < 4.78 is 11.8. The summed E-state index contributed by atoms with van der Waals surface area (Å²) in [7, 11) is 0. The first kappa shape index (κ1) is 15.1. The molecule has 24 heavy (non-hydrogen) atoms. The lowest BCUT2D eigenvalue weighted by Crippen LogP contribution is -1.96. The summed E-state index contributed by atoms with van der Waals surface area (Å²) in [5.41, 5.74) is 4.50. The molecule has 0 N–H and O–H groups in total. The lowest BCUT2D eigenvalue weighted by atomic mass is 9.96. The third-order valence-electron chi connectivity index (χ3n) is 4.76. The highest BCUT2D eigenvalue weighted by Crippen LogP contribution is 2.31. The zero-order chi connectivity index (χ0) is 16.7. The maximum Gasteiger partial charge on any atom is 0.134 e. The van der Waals surface area contributed by atoms with E-state index in [1.165, 1.54) is 21.9 Å². The lowest BCUT2D eigenvalue weighted by Gasteiger charge is -2.09. The standard InChI is InChI=1S/C22H22O2/c1-14(2)19-13-23-22-11-16(8-9-18(19)22)10-15(3)21-12-17-6-4-5-7-20(17)24-21/h4-9,11-15H,10H2,1-3H3. The van der Waals surface area contributed by atoms with Gasteiger partial charge in [-0.15, -0.1) is 0 Å². The van der Waals surface area contributed by atoms with Crippen LogP contribution in [0.25, 0.3) is 21.9 Å². The third kappa shape index (κ3) is 2.62. The molecule has 0 radical (unpaired) electrons. The fraction of sp³-hybridized carbons (Fsp3) is 0.273. The van der Waals surface area contributed by atoms with E-state index < -0.39 is 0 Å². The van der Waals surface area contributed by atoms with E-state index in [0.29, 0.717) is 11.8 Å². The number of fused-ring (bicyclic) bond motifs is 2. The van der Waals surface area contributed by atoms with Gasteiger partial charge in [-0.2, -0.15) is 0 Å². The van der Waals surface area contributed by atoms with Crippen LogP contribution in [0, 0.1) is 0 Å². The smallest absolute Gasteiger partial charge is 0.134 e. The Hall–Kier alpha value is -2.48. The van der Waals surface area contributed by atoms with Crippen molar-refractivity contribution in [3.05, 3.63) is 71.7 Å². The van der Waals surface area contributed by atoms with Crippen LogP contribution in [0.2, 0.25) is 0 Å². The molecule has 2 aromatic heterocycles. The molecule has 2 heterocycles. The third-order valence-corrected chi connectivity index (χ3v) is 4.76. The van der Waals surface area contributed by atoms with Crippen LogP contribution in [-0.2, 0) is 6.42 Å². The second-order valence-electron chi connectivity index (χ2n) is 6.97. The number of benzene rings is 2. The summed E-state index contributed by atoms with van der Waals surface area (Å²) >= 11 is 0. The van der Waals surface area contributed by atoms with E-state index in [-0.39, 0.29) is 0 Å². The van der Waals surface area contributed by atoms with Gasteiger partial charge < -0.3 is 8.83 Å². The van der Waals surface area contributed by atoms with Crippen LogP contribution in [0.5, 0.6) is 0 Å². The van der Waals surface area contributed by atoms with Crippen molar-refractivity contribution in [3.63, 3.8) is 0 Å². The van der Waals surface area contributed by atoms with Gasteiger partial charge in [0.1, 0.15) is 16.9 Å². The van der Waals surface area contributed by atoms with Gasteiger partial charge in [-0.3, -0.25) is 0 Å². The Bertz CT molecular complexity index is 954. The molecular formula is C22H22O2. The minimum Gasteiger partial charge on any atom is -0.464 e. The fourth-order valence-corrected chi connectivity index (χ4v) is 3.37. The molecule has 4 rings (SSSR count). The van der Waals surface area contributed by atoms with Crippen LogP contribution in [0.15, 0.2) is 63.6 Å². The highest BCUT2D eigenvalue weighted by atomic mass is 16.3. The summed E-state index contributed by atoms with van der Waals surface area (Å²) in [5, 5.41) is 2.40. The predicted molar refractivity (Wildman–Crippen MR) is 98.6 cm³/mol. The molecule has 1 unspecified atom stereocenters. The van der Waals surface area contributed by atoms with E-state index in [1.54, 1.807) is 0 Å². The number of hydrogen-bond donors (Lipinski definition) is 0. The molecule has 1 atom stereocenters. The maximum atomic E-state index is 6.00. The number of para-hydroxylation sites is 1. The normalized spacial score (nSPS) is 13.2. The van der Waals surface area contributed by atoms with Crippen LogP contribution < -0.4 is 0 Å². The molecule has 0 aliphatic carbocycles. The Morgan fingerprint density at radius 3 is 2.54 bits per heavy atom. The Labute approximate surface area is 142 Å². The molecule has 0 aliphatic rings. The van der Waals surface area contributed by atoms with Crippen molar-refractivity contribution < 1.29 is 8.83 Å². The molecule has 0 saturated carbocycles. The largest absolute Gasteiger partial charge is 0.464 e. The van der Waals surface area contributed by atoms with Crippen LogP contribution in [0.4, 0.5) is 0 Å². The molecule has 0 spiro atoms. The molecule has 0 bridgehead atoms. The predicted octanol–water partition coefficient (Wildman–Crippen LogP) is 6.65. The van der Waals surface area contributed by atoms with E-state index in [9.17, 15) is 0 Å². The highest BCUT2D eigenvalue weighted by Gasteiger charge is 2.14. The molecule has 0 aliphatic heterocycles. The SMILES string of the molecule is CC(C)c1coc2cc(CC(C)c3cc4ccccc4o3)ccc12. The van der Waals surface area contributed by atoms with Crippen molar-refractivity contribution in [2.45, 2.75) is 39.0 Å². The van der Waals surface area contributed by atoms with Crippen molar-refractivity contribution >= 4 is 21.9 Å². The van der Waals surface area contributed by atoms with Crippen molar-refractivity contribution in [2.75, 3.05) is 0 Å². The molecule has 0 amide bonds. The zero-order valence-corrected chi connectivity index (χ0v) is 14.4. The Balaban J connectivity index is 1.61. The van der Waals surface area contributed by atoms with Gasteiger partial charge in [0.05, 0.1) is 6.26 Å². The van der Waals surface area contributed by atoms with Crippen LogP contribution in [0.3, 0.4) is 0 Å². The average Bonchev–Trinajstić information content (AvgIpc) is 3.18. The van der Waals surface area contributed by atoms with E-state index in [4.69, 9.17) is 8.83 Å². The van der Waals surface area contributed by atoms with Crippen molar-refractivity contribution in [1.82, 2.24) is 0 Å². The Kier molecular flexibility index (Phi) is 3.68. The van der Waals surface area contributed by atoms with Crippen molar-refractivity contribution in [3.8, 4) is 0 Å². The molecule has 2 heteroatoms. The molecule has 0 fully saturated rings. The van der Waals surface area contributed by atoms with Crippen LogP contribution >= 0.6 is 0 Å². The summed E-state index contributed by atoms with van der Waals surface area (Å²) in [6.07, 6.45) is 2.83. The van der Waals surface area contributed by atoms with Crippen molar-refractivity contribution in [1.29, 1.82) is 0 Å². The van der Waals surface area contributed by atoms with Gasteiger partial charge in [-0.1, -0.05) is 51.1 Å². The molecule has 0 saturated heterocycles. The molecule has 122 valence electrons. The Morgan fingerprint density at radius 1 is 0.917 bits per heavy atom. The van der Waals surface area contributed by atoms with Gasteiger partial charge >= 0.3 is 0 Å². The second-order valence-corrected chi connectivity index (χ2v) is 6.97. The number of furan rings is 2. The van der Waals surface area contributed by atoms with Gasteiger partial charge in [0.15, 0.2) is 0 Å². The van der Waals surface area contributed by atoms with Crippen molar-refractivity contribution in [2.24, 2.45) is 0 Å². The Morgan fingerprint density at radius 2 is 1.75 bits per heavy atom. The fourth-order valence-electron chi connectivity index (χ4n) is 3.37. The minimum atomic E-state index is 0.328. The minimum absolute atomic E-state index is 0.328. The molecule has 4 aromatic rings. The van der Waals surface area contributed by atoms with Gasteiger partial charge in [0, 0.05) is 22.3 Å². The first-order valence-electron chi connectivity index (χ1n) is 8.60. The van der Waals surface area contributed by atoms with Gasteiger partial charge in [-0.25, -0.2) is 0 Å². The summed E-state index contributed by atoms with van der Waals surface area (Å²) in [5.74, 6) is 1.85. The van der Waals surface area contributed by atoms with Gasteiger partial charge in [-0.05, 0) is 36.1 Å². The first-order chi connectivity index (χ1) is 11.6. The zero-order valence-electron chi connectivity index (χ0n) is 14.4. The van der Waals surface area contributed by atoms with E-state index >= 15 is 0 Å². The van der Waals surface area contributed by atoms with Gasteiger partial charge in [0.2, 0.25) is 0 Å². The van der Waals surface area contributed by atoms with Crippen LogP contribution in [-0.4, -0.2) is 0 Å². The topological polar surface area (TPSA) is 26.3 Å². The summed E-state index contributed by atoms with van der Waals surface area (Å²) in [4.78, 5) is 0.